The van der Waals surface area contributed by atoms with Crippen molar-refractivity contribution >= 4 is 6.29 Å². The van der Waals surface area contributed by atoms with E-state index in [2.05, 4.69) is 0 Å². The predicted octanol–water partition coefficient (Wildman–Crippen LogP) is 1.11. The SMILES string of the molecule is COc1ccc2c(c1)CCC(O)(C=O)C2. The van der Waals surface area contributed by atoms with Crippen LogP contribution in [-0.4, -0.2) is 24.1 Å². The zero-order chi connectivity index (χ0) is 10.9. The number of methoxy groups -OCH3 is 1. The molecule has 1 aromatic carbocycles. The quantitative estimate of drug-likeness (QED) is 0.737. The predicted molar refractivity (Wildman–Crippen MR) is 56.0 cm³/mol. The number of aryl methyl sites for hydroxylation is 1. The highest BCUT2D eigenvalue weighted by atomic mass is 16.5. The van der Waals surface area contributed by atoms with Crippen LogP contribution >= 0.6 is 0 Å². The molecule has 0 saturated carbocycles. The van der Waals surface area contributed by atoms with E-state index in [1.54, 1.807) is 7.11 Å². The van der Waals surface area contributed by atoms with Crippen molar-refractivity contribution in [2.24, 2.45) is 0 Å². The van der Waals surface area contributed by atoms with E-state index in [-0.39, 0.29) is 0 Å². The molecule has 0 bridgehead atoms. The van der Waals surface area contributed by atoms with Crippen molar-refractivity contribution in [2.75, 3.05) is 7.11 Å². The summed E-state index contributed by atoms with van der Waals surface area (Å²) < 4.78 is 5.13. The molecule has 0 amide bonds. The molecule has 1 unspecified atom stereocenters. The van der Waals surface area contributed by atoms with Gasteiger partial charge < -0.3 is 14.6 Å². The highest BCUT2D eigenvalue weighted by molar-refractivity contribution is 5.64. The molecule has 15 heavy (non-hydrogen) atoms. The van der Waals surface area contributed by atoms with Crippen LogP contribution in [-0.2, 0) is 17.6 Å². The van der Waals surface area contributed by atoms with Gasteiger partial charge in [-0.25, -0.2) is 0 Å². The number of fused-ring (bicyclic) bond motifs is 1. The van der Waals surface area contributed by atoms with Gasteiger partial charge in [-0.2, -0.15) is 0 Å². The first-order valence-electron chi connectivity index (χ1n) is 5.01. The normalized spacial score (nSPS) is 24.4. The summed E-state index contributed by atoms with van der Waals surface area (Å²) >= 11 is 0. The summed E-state index contributed by atoms with van der Waals surface area (Å²) in [6.45, 7) is 0. The fraction of sp³-hybridized carbons (Fsp3) is 0.417. The van der Waals surface area contributed by atoms with Crippen LogP contribution < -0.4 is 4.74 Å². The monoisotopic (exact) mass is 206 g/mol. The van der Waals surface area contributed by atoms with Crippen LogP contribution in [0.25, 0.3) is 0 Å². The van der Waals surface area contributed by atoms with E-state index < -0.39 is 5.60 Å². The van der Waals surface area contributed by atoms with Gasteiger partial charge in [0.25, 0.3) is 0 Å². The lowest BCUT2D eigenvalue weighted by Gasteiger charge is -2.28. The lowest BCUT2D eigenvalue weighted by molar-refractivity contribution is -0.125. The van der Waals surface area contributed by atoms with Gasteiger partial charge in [-0.3, -0.25) is 0 Å². The zero-order valence-electron chi connectivity index (χ0n) is 8.69. The van der Waals surface area contributed by atoms with E-state index in [0.717, 1.165) is 17.7 Å². The van der Waals surface area contributed by atoms with Gasteiger partial charge in [-0.05, 0) is 36.1 Å². The average molecular weight is 206 g/mol. The zero-order valence-corrected chi connectivity index (χ0v) is 8.69. The Morgan fingerprint density at radius 1 is 1.47 bits per heavy atom. The maximum atomic E-state index is 10.7. The first-order chi connectivity index (χ1) is 7.17. The number of rotatable bonds is 2. The second-order valence-electron chi connectivity index (χ2n) is 4.03. The Balaban J connectivity index is 2.32. The van der Waals surface area contributed by atoms with Crippen molar-refractivity contribution in [1.29, 1.82) is 0 Å². The van der Waals surface area contributed by atoms with Gasteiger partial charge in [-0.15, -0.1) is 0 Å². The Labute approximate surface area is 88.7 Å². The third-order valence-corrected chi connectivity index (χ3v) is 2.96. The topological polar surface area (TPSA) is 46.5 Å². The van der Waals surface area contributed by atoms with Gasteiger partial charge in [-0.1, -0.05) is 6.07 Å². The number of aldehydes is 1. The Hall–Kier alpha value is -1.35. The van der Waals surface area contributed by atoms with Gasteiger partial charge in [0.2, 0.25) is 0 Å². The summed E-state index contributed by atoms with van der Waals surface area (Å²) in [7, 11) is 1.63. The summed E-state index contributed by atoms with van der Waals surface area (Å²) in [4.78, 5) is 10.7. The molecule has 1 atom stereocenters. The smallest absolute Gasteiger partial charge is 0.151 e. The lowest BCUT2D eigenvalue weighted by Crippen LogP contribution is -2.37. The molecule has 0 radical (unpaired) electrons. The third-order valence-electron chi connectivity index (χ3n) is 2.96. The number of carbonyl (C=O) groups is 1. The Morgan fingerprint density at radius 3 is 2.93 bits per heavy atom. The first-order valence-corrected chi connectivity index (χ1v) is 5.01. The van der Waals surface area contributed by atoms with E-state index in [4.69, 9.17) is 4.74 Å². The molecule has 0 heterocycles. The van der Waals surface area contributed by atoms with E-state index >= 15 is 0 Å². The van der Waals surface area contributed by atoms with Crippen LogP contribution in [0.1, 0.15) is 17.5 Å². The molecule has 1 aromatic rings. The van der Waals surface area contributed by atoms with Gasteiger partial charge in [0.15, 0.2) is 6.29 Å². The Kier molecular flexibility index (Phi) is 2.49. The molecule has 0 fully saturated rings. The molecule has 3 heteroatoms. The molecule has 1 aliphatic carbocycles. The van der Waals surface area contributed by atoms with Crippen LogP contribution in [0.4, 0.5) is 0 Å². The summed E-state index contributed by atoms with van der Waals surface area (Å²) in [5.74, 6) is 0.824. The molecular formula is C12H14O3. The van der Waals surface area contributed by atoms with Crippen LogP contribution in [0.15, 0.2) is 18.2 Å². The molecule has 2 rings (SSSR count). The van der Waals surface area contributed by atoms with Crippen LogP contribution in [0.2, 0.25) is 0 Å². The van der Waals surface area contributed by atoms with Crippen molar-refractivity contribution in [3.05, 3.63) is 29.3 Å². The molecule has 0 saturated heterocycles. The number of hydrogen-bond acceptors (Lipinski definition) is 3. The van der Waals surface area contributed by atoms with Crippen molar-refractivity contribution in [3.63, 3.8) is 0 Å². The van der Waals surface area contributed by atoms with Gasteiger partial charge >= 0.3 is 0 Å². The highest BCUT2D eigenvalue weighted by Crippen LogP contribution is 2.29. The number of carbonyl (C=O) groups excluding carboxylic acids is 1. The van der Waals surface area contributed by atoms with Crippen molar-refractivity contribution in [3.8, 4) is 5.75 Å². The van der Waals surface area contributed by atoms with E-state index in [1.807, 2.05) is 18.2 Å². The fourth-order valence-corrected chi connectivity index (χ4v) is 2.00. The molecule has 0 aliphatic heterocycles. The number of ether oxygens (including phenoxy) is 1. The highest BCUT2D eigenvalue weighted by Gasteiger charge is 2.31. The second kappa shape index (κ2) is 3.66. The molecule has 80 valence electrons. The van der Waals surface area contributed by atoms with Crippen LogP contribution in [0, 0.1) is 0 Å². The van der Waals surface area contributed by atoms with E-state index in [9.17, 15) is 9.90 Å². The summed E-state index contributed by atoms with van der Waals surface area (Å²) in [6, 6.07) is 5.75. The van der Waals surface area contributed by atoms with E-state index in [1.165, 1.54) is 5.56 Å². The maximum Gasteiger partial charge on any atom is 0.151 e. The lowest BCUT2D eigenvalue weighted by atomic mass is 9.81. The standard InChI is InChI=1S/C12H14O3/c1-15-11-3-2-10-7-12(14,8-13)5-4-9(10)6-11/h2-3,6,8,14H,4-5,7H2,1H3. The summed E-state index contributed by atoms with van der Waals surface area (Å²) in [5, 5.41) is 9.85. The van der Waals surface area contributed by atoms with Crippen LogP contribution in [0.3, 0.4) is 0 Å². The Bertz CT molecular complexity index is 386. The summed E-state index contributed by atoms with van der Waals surface area (Å²) in [5.41, 5.74) is 1.04. The molecular weight excluding hydrogens is 192 g/mol. The number of aliphatic hydroxyl groups is 1. The Morgan fingerprint density at radius 2 is 2.27 bits per heavy atom. The minimum Gasteiger partial charge on any atom is -0.497 e. The minimum atomic E-state index is -1.17. The minimum absolute atomic E-state index is 0.413. The molecule has 0 spiro atoms. The molecule has 0 aromatic heterocycles. The maximum absolute atomic E-state index is 10.7. The largest absolute Gasteiger partial charge is 0.497 e. The number of benzene rings is 1. The molecule has 1 N–H and O–H groups in total. The molecule has 1 aliphatic rings. The van der Waals surface area contributed by atoms with E-state index in [0.29, 0.717) is 19.1 Å². The second-order valence-corrected chi connectivity index (χ2v) is 4.03. The first kappa shape index (κ1) is 10.2. The van der Waals surface area contributed by atoms with Gasteiger partial charge in [0.1, 0.15) is 11.4 Å². The number of hydrogen-bond donors (Lipinski definition) is 1. The molecule has 3 nitrogen and oxygen atoms in total. The fourth-order valence-electron chi connectivity index (χ4n) is 2.00. The van der Waals surface area contributed by atoms with Crippen LogP contribution in [0.5, 0.6) is 5.75 Å². The third kappa shape index (κ3) is 1.88. The van der Waals surface area contributed by atoms with Crippen molar-refractivity contribution in [2.45, 2.75) is 24.9 Å². The summed E-state index contributed by atoms with van der Waals surface area (Å²) in [6.07, 6.45) is 2.29. The van der Waals surface area contributed by atoms with Crippen molar-refractivity contribution in [1.82, 2.24) is 0 Å². The van der Waals surface area contributed by atoms with Gasteiger partial charge in [0.05, 0.1) is 7.11 Å². The average Bonchev–Trinajstić information content (AvgIpc) is 2.28. The van der Waals surface area contributed by atoms with Gasteiger partial charge in [0, 0.05) is 6.42 Å². The van der Waals surface area contributed by atoms with Crippen molar-refractivity contribution < 1.29 is 14.6 Å².